The standard InChI is InChI=1S/C12H16N4O/c13-8-9-4-3-5-10(9)16-12(17)15-7-2-1-6-11(15)14-16/h1-2,6-7,9-10H,3-5,8,13H2. The zero-order valence-corrected chi connectivity index (χ0v) is 9.62. The van der Waals surface area contributed by atoms with Crippen LogP contribution in [0.1, 0.15) is 25.3 Å². The zero-order chi connectivity index (χ0) is 11.8. The minimum atomic E-state index is -0.0500. The Balaban J connectivity index is 2.11. The van der Waals surface area contributed by atoms with E-state index in [1.807, 2.05) is 18.2 Å². The highest BCUT2D eigenvalue weighted by Crippen LogP contribution is 2.33. The number of pyridine rings is 1. The number of hydrogen-bond acceptors (Lipinski definition) is 3. The summed E-state index contributed by atoms with van der Waals surface area (Å²) >= 11 is 0. The summed E-state index contributed by atoms with van der Waals surface area (Å²) in [6, 6.07) is 5.76. The molecule has 0 bridgehead atoms. The minimum Gasteiger partial charge on any atom is -0.330 e. The molecule has 2 heterocycles. The zero-order valence-electron chi connectivity index (χ0n) is 9.62. The Kier molecular flexibility index (Phi) is 2.48. The Labute approximate surface area is 98.9 Å². The predicted molar refractivity (Wildman–Crippen MR) is 64.9 cm³/mol. The molecule has 3 rings (SSSR count). The third-order valence-corrected chi connectivity index (χ3v) is 3.69. The Morgan fingerprint density at radius 2 is 2.29 bits per heavy atom. The van der Waals surface area contributed by atoms with Crippen molar-refractivity contribution in [1.82, 2.24) is 14.2 Å². The predicted octanol–water partition coefficient (Wildman–Crippen LogP) is 0.796. The van der Waals surface area contributed by atoms with Crippen molar-refractivity contribution >= 4 is 5.65 Å². The van der Waals surface area contributed by atoms with Gasteiger partial charge in [-0.05, 0) is 37.4 Å². The van der Waals surface area contributed by atoms with E-state index >= 15 is 0 Å². The van der Waals surface area contributed by atoms with Crippen molar-refractivity contribution in [3.63, 3.8) is 0 Å². The Morgan fingerprint density at radius 3 is 3.06 bits per heavy atom. The van der Waals surface area contributed by atoms with Crippen molar-refractivity contribution in [3.05, 3.63) is 34.9 Å². The lowest BCUT2D eigenvalue weighted by Crippen LogP contribution is -2.30. The molecule has 0 aliphatic heterocycles. The van der Waals surface area contributed by atoms with Gasteiger partial charge >= 0.3 is 5.69 Å². The van der Waals surface area contributed by atoms with Gasteiger partial charge in [0.05, 0.1) is 6.04 Å². The van der Waals surface area contributed by atoms with E-state index in [2.05, 4.69) is 5.10 Å². The summed E-state index contributed by atoms with van der Waals surface area (Å²) in [4.78, 5) is 12.2. The van der Waals surface area contributed by atoms with Crippen LogP contribution in [0, 0.1) is 5.92 Å². The molecule has 5 nitrogen and oxygen atoms in total. The highest BCUT2D eigenvalue weighted by molar-refractivity contribution is 5.35. The second kappa shape index (κ2) is 4.00. The van der Waals surface area contributed by atoms with Crippen LogP contribution in [-0.2, 0) is 0 Å². The normalized spacial score (nSPS) is 24.5. The van der Waals surface area contributed by atoms with Gasteiger partial charge in [-0.15, -0.1) is 5.10 Å². The van der Waals surface area contributed by atoms with Gasteiger partial charge in [-0.25, -0.2) is 9.48 Å². The monoisotopic (exact) mass is 232 g/mol. The quantitative estimate of drug-likeness (QED) is 0.832. The van der Waals surface area contributed by atoms with E-state index in [1.165, 1.54) is 0 Å². The Hall–Kier alpha value is -1.62. The lowest BCUT2D eigenvalue weighted by molar-refractivity contribution is 0.349. The third-order valence-electron chi connectivity index (χ3n) is 3.69. The number of hydrogen-bond donors (Lipinski definition) is 1. The summed E-state index contributed by atoms with van der Waals surface area (Å²) in [5, 5.41) is 4.40. The highest BCUT2D eigenvalue weighted by Gasteiger charge is 2.30. The molecular weight excluding hydrogens is 216 g/mol. The highest BCUT2D eigenvalue weighted by atomic mass is 16.2. The van der Waals surface area contributed by atoms with E-state index in [4.69, 9.17) is 5.73 Å². The van der Waals surface area contributed by atoms with Gasteiger partial charge in [-0.2, -0.15) is 0 Å². The van der Waals surface area contributed by atoms with Crippen molar-refractivity contribution < 1.29 is 0 Å². The molecule has 0 aromatic carbocycles. The van der Waals surface area contributed by atoms with Crippen LogP contribution in [0.25, 0.3) is 5.65 Å². The van der Waals surface area contributed by atoms with Crippen molar-refractivity contribution in [2.45, 2.75) is 25.3 Å². The summed E-state index contributed by atoms with van der Waals surface area (Å²) in [6.45, 7) is 0.630. The molecule has 2 aromatic heterocycles. The molecule has 0 radical (unpaired) electrons. The molecule has 0 amide bonds. The molecule has 2 N–H and O–H groups in total. The third kappa shape index (κ3) is 1.58. The van der Waals surface area contributed by atoms with E-state index in [9.17, 15) is 4.79 Å². The van der Waals surface area contributed by atoms with Crippen LogP contribution in [0.5, 0.6) is 0 Å². The second-order valence-corrected chi connectivity index (χ2v) is 4.65. The van der Waals surface area contributed by atoms with Gasteiger partial charge in [-0.3, -0.25) is 4.40 Å². The van der Waals surface area contributed by atoms with Crippen molar-refractivity contribution in [2.75, 3.05) is 6.54 Å². The molecule has 90 valence electrons. The molecule has 2 aromatic rings. The lowest BCUT2D eigenvalue weighted by Gasteiger charge is -2.16. The molecule has 2 atom stereocenters. The molecule has 17 heavy (non-hydrogen) atoms. The molecule has 1 aliphatic carbocycles. The Bertz CT molecular complexity index is 585. The van der Waals surface area contributed by atoms with Gasteiger partial charge in [0.1, 0.15) is 0 Å². The van der Waals surface area contributed by atoms with Crippen LogP contribution in [0.4, 0.5) is 0 Å². The maximum Gasteiger partial charge on any atom is 0.350 e. The molecule has 0 spiro atoms. The molecule has 1 fully saturated rings. The summed E-state index contributed by atoms with van der Waals surface area (Å²) < 4.78 is 3.21. The van der Waals surface area contributed by atoms with Gasteiger partial charge in [0.15, 0.2) is 5.65 Å². The summed E-state index contributed by atoms with van der Waals surface area (Å²) in [5.74, 6) is 0.387. The first-order valence-electron chi connectivity index (χ1n) is 6.07. The summed E-state index contributed by atoms with van der Waals surface area (Å²) in [6.07, 6.45) is 4.99. The summed E-state index contributed by atoms with van der Waals surface area (Å²) in [5.41, 5.74) is 6.41. The molecule has 1 aliphatic rings. The Morgan fingerprint density at radius 1 is 1.41 bits per heavy atom. The van der Waals surface area contributed by atoms with Gasteiger partial charge in [0.25, 0.3) is 0 Å². The maximum absolute atomic E-state index is 12.2. The minimum absolute atomic E-state index is 0.0500. The van der Waals surface area contributed by atoms with Crippen LogP contribution in [0.2, 0.25) is 0 Å². The van der Waals surface area contributed by atoms with Crippen LogP contribution < -0.4 is 11.4 Å². The molecule has 0 saturated heterocycles. The first-order chi connectivity index (χ1) is 8.31. The van der Waals surface area contributed by atoms with Gasteiger partial charge in [0, 0.05) is 6.20 Å². The number of fused-ring (bicyclic) bond motifs is 1. The molecule has 2 unspecified atom stereocenters. The molecule has 1 saturated carbocycles. The second-order valence-electron chi connectivity index (χ2n) is 4.65. The van der Waals surface area contributed by atoms with E-state index in [0.29, 0.717) is 18.1 Å². The fraction of sp³-hybridized carbons (Fsp3) is 0.500. The largest absolute Gasteiger partial charge is 0.350 e. The topological polar surface area (TPSA) is 65.3 Å². The van der Waals surface area contributed by atoms with Crippen LogP contribution in [-0.4, -0.2) is 20.7 Å². The number of nitrogens with zero attached hydrogens (tertiary/aromatic N) is 3. The first-order valence-corrected chi connectivity index (χ1v) is 6.07. The fourth-order valence-corrected chi connectivity index (χ4v) is 2.77. The SMILES string of the molecule is NCC1CCCC1n1nc2ccccn2c1=O. The number of aromatic nitrogens is 3. The van der Waals surface area contributed by atoms with E-state index in [1.54, 1.807) is 15.3 Å². The van der Waals surface area contributed by atoms with Crippen molar-refractivity contribution in [3.8, 4) is 0 Å². The van der Waals surface area contributed by atoms with E-state index < -0.39 is 0 Å². The van der Waals surface area contributed by atoms with Crippen LogP contribution >= 0.6 is 0 Å². The van der Waals surface area contributed by atoms with Crippen molar-refractivity contribution in [1.29, 1.82) is 0 Å². The average Bonchev–Trinajstić information content (AvgIpc) is 2.94. The average molecular weight is 232 g/mol. The number of nitrogens with two attached hydrogens (primary N) is 1. The van der Waals surface area contributed by atoms with E-state index in [-0.39, 0.29) is 11.7 Å². The van der Waals surface area contributed by atoms with Crippen LogP contribution in [0.3, 0.4) is 0 Å². The van der Waals surface area contributed by atoms with Crippen LogP contribution in [0.15, 0.2) is 29.2 Å². The fourth-order valence-electron chi connectivity index (χ4n) is 2.77. The first kappa shape index (κ1) is 10.5. The maximum atomic E-state index is 12.2. The van der Waals surface area contributed by atoms with Gasteiger partial charge in [0.2, 0.25) is 0 Å². The lowest BCUT2D eigenvalue weighted by atomic mass is 10.0. The smallest absolute Gasteiger partial charge is 0.330 e. The summed E-state index contributed by atoms with van der Waals surface area (Å²) in [7, 11) is 0. The van der Waals surface area contributed by atoms with Crippen molar-refractivity contribution in [2.24, 2.45) is 11.7 Å². The van der Waals surface area contributed by atoms with Gasteiger partial charge < -0.3 is 5.73 Å². The van der Waals surface area contributed by atoms with E-state index in [0.717, 1.165) is 19.3 Å². The van der Waals surface area contributed by atoms with Gasteiger partial charge in [-0.1, -0.05) is 12.5 Å². The molecule has 5 heteroatoms. The number of rotatable bonds is 2. The molecular formula is C12H16N4O.